The molecule has 1 amide bonds. The lowest BCUT2D eigenvalue weighted by atomic mass is 9.88. The van der Waals surface area contributed by atoms with Crippen molar-refractivity contribution in [3.05, 3.63) is 41.3 Å². The van der Waals surface area contributed by atoms with Crippen LogP contribution in [0.15, 0.2) is 28.8 Å². The largest absolute Gasteiger partial charge is 0.361 e. The summed E-state index contributed by atoms with van der Waals surface area (Å²) in [7, 11) is -3.21. The molecule has 1 saturated heterocycles. The molecule has 8 heteroatoms. The zero-order valence-corrected chi connectivity index (χ0v) is 16.2. The minimum absolute atomic E-state index is 0.174. The molecule has 1 fully saturated rings. The van der Waals surface area contributed by atoms with Crippen molar-refractivity contribution in [2.75, 3.05) is 21.9 Å². The highest BCUT2D eigenvalue weighted by molar-refractivity contribution is 7.93. The Morgan fingerprint density at radius 3 is 2.42 bits per heavy atom. The first-order chi connectivity index (χ1) is 12.1. The number of carbonyl (C=O) groups is 1. The summed E-state index contributed by atoms with van der Waals surface area (Å²) in [5.41, 5.74) is 1.90. The Hall–Kier alpha value is -2.35. The fourth-order valence-electron chi connectivity index (χ4n) is 2.99. The quantitative estimate of drug-likeness (QED) is 0.887. The van der Waals surface area contributed by atoms with Crippen LogP contribution in [0, 0.1) is 6.92 Å². The first kappa shape index (κ1) is 18.4. The van der Waals surface area contributed by atoms with E-state index >= 15 is 0 Å². The van der Waals surface area contributed by atoms with Crippen LogP contribution in [-0.4, -0.2) is 31.8 Å². The van der Waals surface area contributed by atoms with E-state index in [0.717, 1.165) is 0 Å². The smallest absolute Gasteiger partial charge is 0.261 e. The molecule has 0 bridgehead atoms. The summed E-state index contributed by atoms with van der Waals surface area (Å²) in [5.74, 6) is 0.343. The van der Waals surface area contributed by atoms with Crippen LogP contribution in [0.25, 0.3) is 0 Å². The average molecular weight is 377 g/mol. The molecule has 3 rings (SSSR count). The number of anilines is 2. The molecule has 26 heavy (non-hydrogen) atoms. The van der Waals surface area contributed by atoms with Crippen molar-refractivity contribution >= 4 is 27.3 Å². The van der Waals surface area contributed by atoms with Gasteiger partial charge in [0.1, 0.15) is 17.0 Å². The van der Waals surface area contributed by atoms with Gasteiger partial charge >= 0.3 is 0 Å². The Kier molecular flexibility index (Phi) is 4.56. The van der Waals surface area contributed by atoms with E-state index in [1.165, 1.54) is 4.31 Å². The summed E-state index contributed by atoms with van der Waals surface area (Å²) in [6.07, 6.45) is 0.628. The molecule has 0 atom stereocenters. The van der Waals surface area contributed by atoms with Gasteiger partial charge in [0, 0.05) is 17.6 Å². The lowest BCUT2D eigenvalue weighted by Crippen LogP contribution is -2.25. The highest BCUT2D eigenvalue weighted by atomic mass is 32.2. The van der Waals surface area contributed by atoms with Crippen molar-refractivity contribution in [2.45, 2.75) is 39.5 Å². The minimum atomic E-state index is -3.21. The monoisotopic (exact) mass is 377 g/mol. The van der Waals surface area contributed by atoms with Crippen LogP contribution in [0.1, 0.15) is 49.0 Å². The second kappa shape index (κ2) is 6.42. The Labute approximate surface area is 153 Å². The zero-order chi connectivity index (χ0) is 19.1. The summed E-state index contributed by atoms with van der Waals surface area (Å²) in [6.45, 7) is 8.09. The molecule has 140 valence electrons. The minimum Gasteiger partial charge on any atom is -0.361 e. The van der Waals surface area contributed by atoms with Gasteiger partial charge in [0.25, 0.3) is 5.91 Å². The molecule has 0 radical (unpaired) electrons. The summed E-state index contributed by atoms with van der Waals surface area (Å²) in [6, 6.07) is 6.79. The highest BCUT2D eigenvalue weighted by Crippen LogP contribution is 2.29. The van der Waals surface area contributed by atoms with Gasteiger partial charge in [0.15, 0.2) is 0 Å². The van der Waals surface area contributed by atoms with Crippen molar-refractivity contribution in [2.24, 2.45) is 0 Å². The van der Waals surface area contributed by atoms with E-state index in [9.17, 15) is 13.2 Å². The van der Waals surface area contributed by atoms with Crippen LogP contribution in [0.2, 0.25) is 0 Å². The molecule has 0 spiro atoms. The molecular weight excluding hydrogens is 354 g/mol. The predicted molar refractivity (Wildman–Crippen MR) is 100 cm³/mol. The molecule has 1 N–H and O–H groups in total. The average Bonchev–Trinajstić information content (AvgIpc) is 3.10. The molecule has 7 nitrogen and oxygen atoms in total. The molecule has 0 aliphatic carbocycles. The summed E-state index contributed by atoms with van der Waals surface area (Å²) >= 11 is 0. The molecular formula is C18H23N3O4S. The van der Waals surface area contributed by atoms with Crippen LogP contribution in [0.4, 0.5) is 11.4 Å². The molecule has 1 aromatic carbocycles. The van der Waals surface area contributed by atoms with Crippen molar-refractivity contribution in [3.63, 3.8) is 0 Å². The van der Waals surface area contributed by atoms with Crippen LogP contribution in [0.3, 0.4) is 0 Å². The van der Waals surface area contributed by atoms with Crippen molar-refractivity contribution in [1.82, 2.24) is 5.16 Å². The maximum atomic E-state index is 12.7. The summed E-state index contributed by atoms with van der Waals surface area (Å²) in [5, 5.41) is 6.85. The fourth-order valence-corrected chi connectivity index (χ4v) is 4.55. The molecule has 1 aliphatic rings. The van der Waals surface area contributed by atoms with Crippen LogP contribution < -0.4 is 9.62 Å². The normalized spacial score (nSPS) is 16.7. The van der Waals surface area contributed by atoms with E-state index in [0.29, 0.717) is 41.4 Å². The van der Waals surface area contributed by atoms with Gasteiger partial charge in [-0.15, -0.1) is 0 Å². The standard InChI is InChI=1S/C18H23N3O4S/c1-12-15(16(20-25-12)18(2,3)4)17(22)19-13-6-8-14(9-7-13)21-10-5-11-26(21,23)24/h6-9H,5,10-11H2,1-4H3,(H,19,22). The van der Waals surface area contributed by atoms with Gasteiger partial charge in [-0.2, -0.15) is 0 Å². The number of hydrogen-bond acceptors (Lipinski definition) is 5. The van der Waals surface area contributed by atoms with Gasteiger partial charge in [-0.3, -0.25) is 9.10 Å². The van der Waals surface area contributed by atoms with Gasteiger partial charge in [0.05, 0.1) is 11.4 Å². The number of rotatable bonds is 3. The Morgan fingerprint density at radius 1 is 1.23 bits per heavy atom. The van der Waals surface area contributed by atoms with Gasteiger partial charge in [0.2, 0.25) is 10.0 Å². The maximum Gasteiger partial charge on any atom is 0.261 e. The first-order valence-electron chi connectivity index (χ1n) is 8.48. The van der Waals surface area contributed by atoms with Gasteiger partial charge < -0.3 is 9.84 Å². The Bertz CT molecular complexity index is 924. The second-order valence-corrected chi connectivity index (χ2v) is 9.47. The zero-order valence-electron chi connectivity index (χ0n) is 15.4. The maximum absolute atomic E-state index is 12.7. The number of sulfonamides is 1. The van der Waals surface area contributed by atoms with Crippen molar-refractivity contribution in [1.29, 1.82) is 0 Å². The van der Waals surface area contributed by atoms with Crippen molar-refractivity contribution < 1.29 is 17.7 Å². The van der Waals surface area contributed by atoms with E-state index in [1.807, 2.05) is 20.8 Å². The number of benzene rings is 1. The van der Waals surface area contributed by atoms with Gasteiger partial charge in [-0.25, -0.2) is 8.42 Å². The third kappa shape index (κ3) is 3.46. The highest BCUT2D eigenvalue weighted by Gasteiger charge is 2.30. The summed E-state index contributed by atoms with van der Waals surface area (Å²) < 4.78 is 30.6. The lowest BCUT2D eigenvalue weighted by molar-refractivity contribution is 0.102. The third-order valence-electron chi connectivity index (χ3n) is 4.31. The van der Waals surface area contributed by atoms with E-state index in [4.69, 9.17) is 4.52 Å². The fraction of sp³-hybridized carbons (Fsp3) is 0.444. The van der Waals surface area contributed by atoms with E-state index in [1.54, 1.807) is 31.2 Å². The molecule has 0 saturated carbocycles. The number of aryl methyl sites for hydroxylation is 1. The summed E-state index contributed by atoms with van der Waals surface area (Å²) in [4.78, 5) is 12.7. The van der Waals surface area contributed by atoms with Gasteiger partial charge in [-0.1, -0.05) is 25.9 Å². The lowest BCUT2D eigenvalue weighted by Gasteiger charge is -2.18. The molecule has 2 aromatic rings. The van der Waals surface area contributed by atoms with E-state index in [-0.39, 0.29) is 17.1 Å². The number of nitrogens with one attached hydrogen (secondary N) is 1. The molecule has 0 unspecified atom stereocenters. The molecule has 2 heterocycles. The molecule has 1 aliphatic heterocycles. The Balaban J connectivity index is 1.80. The van der Waals surface area contributed by atoms with Crippen LogP contribution >= 0.6 is 0 Å². The number of amides is 1. The number of hydrogen-bond donors (Lipinski definition) is 1. The number of nitrogens with zero attached hydrogens (tertiary/aromatic N) is 2. The second-order valence-electron chi connectivity index (χ2n) is 7.46. The van der Waals surface area contributed by atoms with Crippen molar-refractivity contribution in [3.8, 4) is 0 Å². The van der Waals surface area contributed by atoms with Gasteiger partial charge in [-0.05, 0) is 37.6 Å². The Morgan fingerprint density at radius 2 is 1.88 bits per heavy atom. The first-order valence-corrected chi connectivity index (χ1v) is 10.1. The SMILES string of the molecule is Cc1onc(C(C)(C)C)c1C(=O)Nc1ccc(N2CCCS2(=O)=O)cc1. The number of carbonyl (C=O) groups excluding carboxylic acids is 1. The van der Waals surface area contributed by atoms with Crippen LogP contribution in [0.5, 0.6) is 0 Å². The predicted octanol–water partition coefficient (Wildman–Crippen LogP) is 3.07. The number of aromatic nitrogens is 1. The third-order valence-corrected chi connectivity index (χ3v) is 6.18. The molecule has 1 aromatic heterocycles. The van der Waals surface area contributed by atoms with E-state index in [2.05, 4.69) is 10.5 Å². The topological polar surface area (TPSA) is 92.5 Å². The van der Waals surface area contributed by atoms with E-state index < -0.39 is 10.0 Å². The van der Waals surface area contributed by atoms with Crippen LogP contribution in [-0.2, 0) is 15.4 Å².